The smallest absolute Gasteiger partial charge is 0.258 e. The van der Waals surface area contributed by atoms with Gasteiger partial charge in [-0.05, 0) is 50.6 Å². The van der Waals surface area contributed by atoms with Crippen LogP contribution in [0.25, 0.3) is 0 Å². The van der Waals surface area contributed by atoms with Crippen LogP contribution in [0.1, 0.15) is 29.8 Å². The van der Waals surface area contributed by atoms with Crippen LogP contribution in [0.2, 0.25) is 5.02 Å². The van der Waals surface area contributed by atoms with Gasteiger partial charge in [-0.2, -0.15) is 0 Å². The SMILES string of the molecule is Cc1ccc(Cl)cc1Nc1ncc(C(=O)Nc2ccccc2OC(C)C)cn1. The van der Waals surface area contributed by atoms with Crippen molar-refractivity contribution in [3.8, 4) is 5.75 Å². The number of aryl methyl sites for hydroxylation is 1. The van der Waals surface area contributed by atoms with E-state index in [4.69, 9.17) is 16.3 Å². The van der Waals surface area contributed by atoms with Crippen molar-refractivity contribution in [2.45, 2.75) is 26.9 Å². The van der Waals surface area contributed by atoms with Crippen LogP contribution in [0.4, 0.5) is 17.3 Å². The largest absolute Gasteiger partial charge is 0.489 e. The van der Waals surface area contributed by atoms with Gasteiger partial charge >= 0.3 is 0 Å². The van der Waals surface area contributed by atoms with Gasteiger partial charge in [0, 0.05) is 23.1 Å². The van der Waals surface area contributed by atoms with Crippen molar-refractivity contribution in [3.05, 3.63) is 71.0 Å². The lowest BCUT2D eigenvalue weighted by Gasteiger charge is -2.14. The first-order chi connectivity index (χ1) is 13.4. The Balaban J connectivity index is 1.71. The molecule has 0 aliphatic carbocycles. The lowest BCUT2D eigenvalue weighted by Crippen LogP contribution is -2.15. The van der Waals surface area contributed by atoms with Crippen LogP contribution in [0.3, 0.4) is 0 Å². The maximum absolute atomic E-state index is 12.5. The normalized spacial score (nSPS) is 10.6. The lowest BCUT2D eigenvalue weighted by atomic mass is 10.2. The van der Waals surface area contributed by atoms with Crippen LogP contribution in [-0.4, -0.2) is 22.0 Å². The van der Waals surface area contributed by atoms with E-state index in [1.807, 2.05) is 51.1 Å². The van der Waals surface area contributed by atoms with Crippen LogP contribution >= 0.6 is 11.6 Å². The molecule has 0 aliphatic rings. The van der Waals surface area contributed by atoms with Crippen LogP contribution in [0.5, 0.6) is 5.75 Å². The van der Waals surface area contributed by atoms with Gasteiger partial charge < -0.3 is 15.4 Å². The number of benzene rings is 2. The van der Waals surface area contributed by atoms with Gasteiger partial charge in [0.2, 0.25) is 5.95 Å². The number of nitrogens with one attached hydrogen (secondary N) is 2. The Kier molecular flexibility index (Phi) is 6.11. The maximum atomic E-state index is 12.5. The maximum Gasteiger partial charge on any atom is 0.258 e. The topological polar surface area (TPSA) is 76.1 Å². The Morgan fingerprint density at radius 2 is 1.79 bits per heavy atom. The van der Waals surface area contributed by atoms with Crippen LogP contribution < -0.4 is 15.4 Å². The molecular formula is C21H21ClN4O2. The summed E-state index contributed by atoms with van der Waals surface area (Å²) in [7, 11) is 0. The first-order valence-corrected chi connectivity index (χ1v) is 9.22. The van der Waals surface area contributed by atoms with E-state index in [2.05, 4.69) is 20.6 Å². The van der Waals surface area contributed by atoms with Gasteiger partial charge in [0.05, 0.1) is 17.4 Å². The van der Waals surface area contributed by atoms with Crippen LogP contribution in [-0.2, 0) is 0 Å². The number of hydrogen-bond donors (Lipinski definition) is 2. The fraction of sp³-hybridized carbons (Fsp3) is 0.190. The number of nitrogens with zero attached hydrogens (tertiary/aromatic N) is 2. The molecule has 0 fully saturated rings. The standard InChI is InChI=1S/C21H21ClN4O2/c1-13(2)28-19-7-5-4-6-17(19)25-20(27)15-11-23-21(24-12-15)26-18-10-16(22)9-8-14(18)3/h4-13H,1-3H3,(H,25,27)(H,23,24,26). The molecule has 0 spiro atoms. The Labute approximate surface area is 168 Å². The minimum atomic E-state index is -0.315. The highest BCUT2D eigenvalue weighted by atomic mass is 35.5. The molecule has 2 N–H and O–H groups in total. The Morgan fingerprint density at radius 1 is 1.07 bits per heavy atom. The molecule has 144 valence electrons. The first kappa shape index (κ1) is 19.6. The average Bonchev–Trinajstić information content (AvgIpc) is 2.66. The first-order valence-electron chi connectivity index (χ1n) is 8.84. The molecule has 7 heteroatoms. The van der Waals surface area contributed by atoms with Gasteiger partial charge in [0.15, 0.2) is 0 Å². The zero-order chi connectivity index (χ0) is 20.1. The minimum Gasteiger partial charge on any atom is -0.489 e. The summed E-state index contributed by atoms with van der Waals surface area (Å²) in [6.45, 7) is 5.82. The van der Waals surface area contributed by atoms with Gasteiger partial charge in [-0.25, -0.2) is 9.97 Å². The van der Waals surface area contributed by atoms with Crippen molar-refractivity contribution in [1.29, 1.82) is 0 Å². The summed E-state index contributed by atoms with van der Waals surface area (Å²) in [6.07, 6.45) is 2.94. The third-order valence-corrected chi connectivity index (χ3v) is 4.09. The Morgan fingerprint density at radius 3 is 2.50 bits per heavy atom. The van der Waals surface area contributed by atoms with E-state index in [0.717, 1.165) is 11.3 Å². The lowest BCUT2D eigenvalue weighted by molar-refractivity contribution is 0.102. The predicted molar refractivity (Wildman–Crippen MR) is 112 cm³/mol. The van der Waals surface area contributed by atoms with Crippen molar-refractivity contribution in [1.82, 2.24) is 9.97 Å². The quantitative estimate of drug-likeness (QED) is 0.597. The predicted octanol–water partition coefficient (Wildman–Crippen LogP) is 5.22. The monoisotopic (exact) mass is 396 g/mol. The number of carbonyl (C=O) groups is 1. The van der Waals surface area contributed by atoms with Crippen LogP contribution in [0.15, 0.2) is 54.9 Å². The molecule has 28 heavy (non-hydrogen) atoms. The molecule has 1 aromatic heterocycles. The molecule has 0 saturated heterocycles. The number of anilines is 3. The molecule has 0 atom stereocenters. The number of amides is 1. The summed E-state index contributed by atoms with van der Waals surface area (Å²) in [5, 5.41) is 6.55. The van der Waals surface area contributed by atoms with E-state index < -0.39 is 0 Å². The van der Waals surface area contributed by atoms with E-state index in [0.29, 0.717) is 28.0 Å². The third kappa shape index (κ3) is 4.98. The Hall–Kier alpha value is -3.12. The number of rotatable bonds is 6. The summed E-state index contributed by atoms with van der Waals surface area (Å²) in [6, 6.07) is 12.8. The molecular weight excluding hydrogens is 376 g/mol. The summed E-state index contributed by atoms with van der Waals surface area (Å²) in [5.74, 6) is 0.678. The highest BCUT2D eigenvalue weighted by Crippen LogP contribution is 2.26. The Bertz CT molecular complexity index is 974. The summed E-state index contributed by atoms with van der Waals surface area (Å²) in [4.78, 5) is 21.0. The fourth-order valence-electron chi connectivity index (χ4n) is 2.48. The van der Waals surface area contributed by atoms with Gasteiger partial charge in [-0.15, -0.1) is 0 Å². The van der Waals surface area contributed by atoms with Crippen LogP contribution in [0, 0.1) is 6.92 Å². The molecule has 0 aliphatic heterocycles. The number of halogens is 1. The molecule has 6 nitrogen and oxygen atoms in total. The number of para-hydroxylation sites is 2. The van der Waals surface area contributed by atoms with Gasteiger partial charge in [0.25, 0.3) is 5.91 Å². The van der Waals surface area contributed by atoms with Crippen molar-refractivity contribution in [3.63, 3.8) is 0 Å². The van der Waals surface area contributed by atoms with Crippen molar-refractivity contribution in [2.24, 2.45) is 0 Å². The second-order valence-corrected chi connectivity index (χ2v) is 6.93. The summed E-state index contributed by atoms with van der Waals surface area (Å²) >= 11 is 6.03. The highest BCUT2D eigenvalue weighted by molar-refractivity contribution is 6.30. The molecule has 0 radical (unpaired) electrons. The number of hydrogen-bond acceptors (Lipinski definition) is 5. The van der Waals surface area contributed by atoms with Gasteiger partial charge in [-0.1, -0.05) is 29.8 Å². The second kappa shape index (κ2) is 8.71. The van der Waals surface area contributed by atoms with E-state index >= 15 is 0 Å². The number of carbonyl (C=O) groups excluding carboxylic acids is 1. The molecule has 0 saturated carbocycles. The van der Waals surface area contributed by atoms with Crippen molar-refractivity contribution < 1.29 is 9.53 Å². The molecule has 2 aromatic carbocycles. The van der Waals surface area contributed by atoms with E-state index in [1.165, 1.54) is 12.4 Å². The molecule has 1 amide bonds. The van der Waals surface area contributed by atoms with Gasteiger partial charge in [0.1, 0.15) is 5.75 Å². The molecule has 1 heterocycles. The minimum absolute atomic E-state index is 0.00156. The highest BCUT2D eigenvalue weighted by Gasteiger charge is 2.12. The number of aromatic nitrogens is 2. The summed E-state index contributed by atoms with van der Waals surface area (Å²) < 4.78 is 5.72. The van der Waals surface area contributed by atoms with Gasteiger partial charge in [-0.3, -0.25) is 4.79 Å². The van der Waals surface area contributed by atoms with Crippen molar-refractivity contribution >= 4 is 34.8 Å². The molecule has 3 aromatic rings. The average molecular weight is 397 g/mol. The third-order valence-electron chi connectivity index (χ3n) is 3.86. The molecule has 0 unspecified atom stereocenters. The molecule has 3 rings (SSSR count). The van der Waals surface area contributed by atoms with E-state index in [-0.39, 0.29) is 12.0 Å². The second-order valence-electron chi connectivity index (χ2n) is 6.50. The van der Waals surface area contributed by atoms with E-state index in [9.17, 15) is 4.79 Å². The molecule has 0 bridgehead atoms. The van der Waals surface area contributed by atoms with Crippen molar-refractivity contribution in [2.75, 3.05) is 10.6 Å². The van der Waals surface area contributed by atoms with E-state index in [1.54, 1.807) is 12.1 Å². The zero-order valence-electron chi connectivity index (χ0n) is 15.9. The zero-order valence-corrected chi connectivity index (χ0v) is 16.6. The number of ether oxygens (including phenoxy) is 1. The summed E-state index contributed by atoms with van der Waals surface area (Å²) in [5.41, 5.74) is 2.76. The fourth-order valence-corrected chi connectivity index (χ4v) is 2.65.